The molecule has 0 unspecified atom stereocenters. The predicted octanol–water partition coefficient (Wildman–Crippen LogP) is 4.38. The molecular weight excluding hydrogens is 284 g/mol. The summed E-state index contributed by atoms with van der Waals surface area (Å²) in [5.74, 6) is 0.860. The topological polar surface area (TPSA) is 34.1 Å². The molecule has 3 nitrogen and oxygen atoms in total. The molecule has 0 radical (unpaired) electrons. The molecule has 0 bridgehead atoms. The van der Waals surface area contributed by atoms with Gasteiger partial charge in [0.05, 0.1) is 5.52 Å². The van der Waals surface area contributed by atoms with Gasteiger partial charge in [0, 0.05) is 28.8 Å². The fourth-order valence-electron chi connectivity index (χ4n) is 2.13. The van der Waals surface area contributed by atoms with Crippen LogP contribution in [0.2, 0.25) is 5.02 Å². The smallest absolute Gasteiger partial charge is 0.128 e. The molecule has 0 saturated heterocycles. The molecule has 2 aromatic carbocycles. The van der Waals surface area contributed by atoms with E-state index in [0.29, 0.717) is 6.61 Å². The monoisotopic (exact) mass is 298 g/mol. The van der Waals surface area contributed by atoms with Gasteiger partial charge in [0.2, 0.25) is 0 Å². The van der Waals surface area contributed by atoms with Crippen molar-refractivity contribution in [1.82, 2.24) is 4.98 Å². The average molecular weight is 299 g/mol. The third-order valence-corrected chi connectivity index (χ3v) is 3.39. The maximum atomic E-state index is 5.85. The normalized spacial score (nSPS) is 10.5. The van der Waals surface area contributed by atoms with Crippen LogP contribution in [0.5, 0.6) is 5.75 Å². The van der Waals surface area contributed by atoms with Gasteiger partial charge < -0.3 is 10.1 Å². The zero-order valence-electron chi connectivity index (χ0n) is 11.4. The van der Waals surface area contributed by atoms with Crippen molar-refractivity contribution < 1.29 is 4.74 Å². The lowest BCUT2D eigenvalue weighted by Crippen LogP contribution is -2.11. The second-order valence-corrected chi connectivity index (χ2v) is 5.04. The SMILES string of the molecule is Clc1ccc(NCCOc2cccc3ncccc23)cc1. The van der Waals surface area contributed by atoms with Crippen LogP contribution in [0.4, 0.5) is 5.69 Å². The molecule has 0 aliphatic rings. The van der Waals surface area contributed by atoms with Gasteiger partial charge in [-0.15, -0.1) is 0 Å². The first-order valence-electron chi connectivity index (χ1n) is 6.79. The fraction of sp³-hybridized carbons (Fsp3) is 0.118. The Balaban J connectivity index is 1.58. The van der Waals surface area contributed by atoms with Crippen LogP contribution in [0.15, 0.2) is 60.8 Å². The minimum Gasteiger partial charge on any atom is -0.491 e. The van der Waals surface area contributed by atoms with Gasteiger partial charge in [-0.1, -0.05) is 17.7 Å². The summed E-state index contributed by atoms with van der Waals surface area (Å²) >= 11 is 5.85. The molecule has 1 aromatic heterocycles. The van der Waals surface area contributed by atoms with Crippen LogP contribution >= 0.6 is 11.6 Å². The van der Waals surface area contributed by atoms with Crippen molar-refractivity contribution in [2.75, 3.05) is 18.5 Å². The fourth-order valence-corrected chi connectivity index (χ4v) is 2.25. The molecule has 1 heterocycles. The maximum Gasteiger partial charge on any atom is 0.128 e. The van der Waals surface area contributed by atoms with Crippen LogP contribution < -0.4 is 10.1 Å². The third kappa shape index (κ3) is 3.44. The van der Waals surface area contributed by atoms with Crippen molar-refractivity contribution in [2.24, 2.45) is 0 Å². The van der Waals surface area contributed by atoms with E-state index < -0.39 is 0 Å². The standard InChI is InChI=1S/C17H15ClN2O/c18-13-6-8-14(9-7-13)19-11-12-21-17-5-1-4-16-15(17)3-2-10-20-16/h1-10,19H,11-12H2. The van der Waals surface area contributed by atoms with Gasteiger partial charge in [-0.2, -0.15) is 0 Å². The first-order chi connectivity index (χ1) is 10.3. The van der Waals surface area contributed by atoms with Crippen molar-refractivity contribution >= 4 is 28.2 Å². The number of nitrogens with zero attached hydrogens (tertiary/aromatic N) is 1. The number of benzene rings is 2. The predicted molar refractivity (Wildman–Crippen MR) is 87.2 cm³/mol. The summed E-state index contributed by atoms with van der Waals surface area (Å²) in [7, 11) is 0. The number of rotatable bonds is 5. The van der Waals surface area contributed by atoms with E-state index in [4.69, 9.17) is 16.3 Å². The van der Waals surface area contributed by atoms with E-state index in [-0.39, 0.29) is 0 Å². The highest BCUT2D eigenvalue weighted by Gasteiger charge is 2.01. The maximum absolute atomic E-state index is 5.85. The van der Waals surface area contributed by atoms with Crippen LogP contribution in [-0.2, 0) is 0 Å². The zero-order valence-corrected chi connectivity index (χ0v) is 12.2. The molecule has 0 aliphatic heterocycles. The minimum absolute atomic E-state index is 0.580. The highest BCUT2D eigenvalue weighted by Crippen LogP contribution is 2.23. The van der Waals surface area contributed by atoms with Crippen molar-refractivity contribution in [1.29, 1.82) is 0 Å². The Labute approximate surface area is 128 Å². The van der Waals surface area contributed by atoms with Gasteiger partial charge in [0.1, 0.15) is 12.4 Å². The lowest BCUT2D eigenvalue weighted by molar-refractivity contribution is 0.337. The highest BCUT2D eigenvalue weighted by atomic mass is 35.5. The molecule has 4 heteroatoms. The minimum atomic E-state index is 0.580. The number of hydrogen-bond donors (Lipinski definition) is 1. The summed E-state index contributed by atoms with van der Waals surface area (Å²) in [6.07, 6.45) is 1.79. The Bertz CT molecular complexity index is 723. The van der Waals surface area contributed by atoms with Crippen LogP contribution in [0.25, 0.3) is 10.9 Å². The molecule has 106 valence electrons. The quantitative estimate of drug-likeness (QED) is 0.710. The van der Waals surface area contributed by atoms with E-state index in [1.54, 1.807) is 6.20 Å². The van der Waals surface area contributed by atoms with Crippen LogP contribution in [-0.4, -0.2) is 18.1 Å². The number of halogens is 1. The van der Waals surface area contributed by atoms with Crippen molar-refractivity contribution in [3.05, 3.63) is 65.8 Å². The van der Waals surface area contributed by atoms with E-state index >= 15 is 0 Å². The van der Waals surface area contributed by atoms with Gasteiger partial charge >= 0.3 is 0 Å². The van der Waals surface area contributed by atoms with Crippen LogP contribution in [0.3, 0.4) is 0 Å². The van der Waals surface area contributed by atoms with Gasteiger partial charge in [-0.05, 0) is 48.5 Å². The van der Waals surface area contributed by atoms with Crippen molar-refractivity contribution in [3.8, 4) is 5.75 Å². The zero-order chi connectivity index (χ0) is 14.5. The van der Waals surface area contributed by atoms with Gasteiger partial charge in [-0.3, -0.25) is 4.98 Å². The van der Waals surface area contributed by atoms with E-state index in [1.165, 1.54) is 0 Å². The molecule has 0 spiro atoms. The summed E-state index contributed by atoms with van der Waals surface area (Å²) in [6, 6.07) is 17.5. The van der Waals surface area contributed by atoms with E-state index in [0.717, 1.165) is 33.9 Å². The summed E-state index contributed by atoms with van der Waals surface area (Å²) in [4.78, 5) is 4.32. The number of hydrogen-bond acceptors (Lipinski definition) is 3. The van der Waals surface area contributed by atoms with Crippen LogP contribution in [0.1, 0.15) is 0 Å². The molecule has 1 N–H and O–H groups in total. The largest absolute Gasteiger partial charge is 0.491 e. The Hall–Kier alpha value is -2.26. The molecule has 3 rings (SSSR count). The molecule has 0 aliphatic carbocycles. The first kappa shape index (κ1) is 13.7. The average Bonchev–Trinajstić information content (AvgIpc) is 2.53. The first-order valence-corrected chi connectivity index (χ1v) is 7.17. The summed E-state index contributed by atoms with van der Waals surface area (Å²) in [5.41, 5.74) is 1.98. The molecule has 21 heavy (non-hydrogen) atoms. The number of ether oxygens (including phenoxy) is 1. The Morgan fingerprint density at radius 1 is 1.00 bits per heavy atom. The molecule has 0 fully saturated rings. The third-order valence-electron chi connectivity index (χ3n) is 3.14. The number of aromatic nitrogens is 1. The lowest BCUT2D eigenvalue weighted by atomic mass is 10.2. The molecule has 0 amide bonds. The van der Waals surface area contributed by atoms with Crippen molar-refractivity contribution in [2.45, 2.75) is 0 Å². The molecule has 0 saturated carbocycles. The van der Waals surface area contributed by atoms with E-state index in [2.05, 4.69) is 10.3 Å². The Morgan fingerprint density at radius 2 is 1.86 bits per heavy atom. The van der Waals surface area contributed by atoms with Gasteiger partial charge in [0.25, 0.3) is 0 Å². The van der Waals surface area contributed by atoms with Gasteiger partial charge in [-0.25, -0.2) is 0 Å². The Morgan fingerprint density at radius 3 is 2.71 bits per heavy atom. The number of fused-ring (bicyclic) bond motifs is 1. The van der Waals surface area contributed by atoms with Crippen LogP contribution in [0, 0.1) is 0 Å². The summed E-state index contributed by atoms with van der Waals surface area (Å²) < 4.78 is 5.84. The Kier molecular flexibility index (Phi) is 4.22. The lowest BCUT2D eigenvalue weighted by Gasteiger charge is -2.10. The number of nitrogens with one attached hydrogen (secondary N) is 1. The molecule has 3 aromatic rings. The van der Waals surface area contributed by atoms with Gasteiger partial charge in [0.15, 0.2) is 0 Å². The number of pyridine rings is 1. The molecule has 0 atom stereocenters. The second kappa shape index (κ2) is 6.46. The van der Waals surface area contributed by atoms with E-state index in [9.17, 15) is 0 Å². The van der Waals surface area contributed by atoms with Crippen molar-refractivity contribution in [3.63, 3.8) is 0 Å². The van der Waals surface area contributed by atoms with E-state index in [1.807, 2.05) is 54.6 Å². The summed E-state index contributed by atoms with van der Waals surface area (Å²) in [6.45, 7) is 1.30. The summed E-state index contributed by atoms with van der Waals surface area (Å²) in [5, 5.41) is 5.06. The highest BCUT2D eigenvalue weighted by molar-refractivity contribution is 6.30. The molecular formula is C17H15ClN2O. The number of anilines is 1. The second-order valence-electron chi connectivity index (χ2n) is 4.61.